The molecule has 5 rings (SSSR count). The minimum absolute atomic E-state index is 0.0307. The number of carbonyl (C=O) groups is 3. The zero-order valence-corrected chi connectivity index (χ0v) is 36.2. The van der Waals surface area contributed by atoms with Crippen molar-refractivity contribution >= 4 is 42.6 Å². The van der Waals surface area contributed by atoms with Gasteiger partial charge >= 0.3 is 5.97 Å². The molecule has 0 unspecified atom stereocenters. The van der Waals surface area contributed by atoms with Crippen LogP contribution in [0, 0.1) is 31.6 Å². The van der Waals surface area contributed by atoms with Crippen molar-refractivity contribution in [2.75, 3.05) is 19.8 Å². The molecule has 4 N–H and O–H groups in total. The number of benzene rings is 3. The van der Waals surface area contributed by atoms with Crippen LogP contribution in [-0.2, 0) is 18.8 Å². The second-order valence-corrected chi connectivity index (χ2v) is 21.6. The molecule has 312 valence electrons. The van der Waals surface area contributed by atoms with E-state index >= 15 is 0 Å². The Balaban J connectivity index is 1.54. The van der Waals surface area contributed by atoms with Gasteiger partial charge in [-0.15, -0.1) is 0 Å². The molecule has 0 bridgehead atoms. The molecule has 0 spiro atoms. The zero-order valence-electron chi connectivity index (χ0n) is 35.2. The molecular weight excluding hydrogens is 747 g/mol. The van der Waals surface area contributed by atoms with E-state index < -0.39 is 44.8 Å². The van der Waals surface area contributed by atoms with Gasteiger partial charge in [0.1, 0.15) is 5.75 Å². The number of rotatable bonds is 19. The molecule has 4 atom stereocenters. The SMILES string of the molecule is CCC/C(=C\c1cc(C)c(O)c(C)c1)CC[C@@H](O)C1=C(CO[Si](c2ccccc2)(c2ccccc2)C(C)(C)C)C[C@H]2C(=O)N(CCCCCC(=O)O)C(=O)[C@H]2[C@H]1CO. The van der Waals surface area contributed by atoms with E-state index in [1.807, 2.05) is 62.4 Å². The van der Waals surface area contributed by atoms with E-state index in [1.165, 1.54) is 4.90 Å². The Morgan fingerprint density at radius 3 is 2.05 bits per heavy atom. The average molecular weight is 810 g/mol. The maximum absolute atomic E-state index is 14.2. The standard InChI is InChI=1S/C48H63NO8Si/c1-7-17-34(28-35-26-32(2)45(54)33(3)27-35)23-24-41(51)43-36(29-39-44(40(43)30-50)47(56)49(46(39)55)25-16-10-15-22-42(52)53)31-57-58(48(4,5)6,37-18-11-8-12-19-37)38-20-13-9-14-21-38/h8-9,11-14,18-21,26-28,39-41,44,50-51,54H,7,10,15-17,22-25,29-31H2,1-6H3,(H,52,53)/b34-28+/t39-,40+,41-,44-/m1/s1. The van der Waals surface area contributed by atoms with Crippen molar-refractivity contribution in [3.05, 3.63) is 106 Å². The number of aliphatic hydroxyl groups excluding tert-OH is 2. The van der Waals surface area contributed by atoms with Crippen LogP contribution in [0.2, 0.25) is 5.04 Å². The molecule has 1 fully saturated rings. The van der Waals surface area contributed by atoms with E-state index in [0.29, 0.717) is 37.7 Å². The third kappa shape index (κ3) is 9.74. The minimum atomic E-state index is -3.05. The van der Waals surface area contributed by atoms with Gasteiger partial charge in [0.15, 0.2) is 0 Å². The highest BCUT2D eigenvalue weighted by molar-refractivity contribution is 6.99. The van der Waals surface area contributed by atoms with Crippen LogP contribution in [0.15, 0.2) is 89.5 Å². The van der Waals surface area contributed by atoms with Crippen LogP contribution >= 0.6 is 0 Å². The number of hydrogen-bond donors (Lipinski definition) is 4. The number of carboxylic acids is 1. The smallest absolute Gasteiger partial charge is 0.303 e. The molecule has 3 aromatic carbocycles. The van der Waals surface area contributed by atoms with Crippen LogP contribution in [0.5, 0.6) is 5.75 Å². The van der Waals surface area contributed by atoms with E-state index in [1.54, 1.807) is 0 Å². The van der Waals surface area contributed by atoms with E-state index in [2.05, 4.69) is 58.0 Å². The number of aliphatic hydroxyl groups is 2. The first-order chi connectivity index (χ1) is 27.6. The number of fused-ring (bicyclic) bond motifs is 1. The second kappa shape index (κ2) is 19.6. The second-order valence-electron chi connectivity index (χ2n) is 17.3. The van der Waals surface area contributed by atoms with E-state index in [0.717, 1.165) is 51.1 Å². The molecule has 3 aromatic rings. The fourth-order valence-corrected chi connectivity index (χ4v) is 14.0. The van der Waals surface area contributed by atoms with Crippen molar-refractivity contribution in [1.82, 2.24) is 4.90 Å². The van der Waals surface area contributed by atoms with E-state index in [4.69, 9.17) is 9.53 Å². The number of imide groups is 1. The Morgan fingerprint density at radius 2 is 1.52 bits per heavy atom. The van der Waals surface area contributed by atoms with E-state index in [9.17, 15) is 29.7 Å². The predicted molar refractivity (Wildman–Crippen MR) is 231 cm³/mol. The van der Waals surface area contributed by atoms with Gasteiger partial charge in [-0.25, -0.2) is 0 Å². The Hall–Kier alpha value is -4.35. The van der Waals surface area contributed by atoms with E-state index in [-0.39, 0.29) is 48.6 Å². The molecule has 1 aliphatic carbocycles. The van der Waals surface area contributed by atoms with Crippen LogP contribution in [-0.4, -0.2) is 77.3 Å². The number of unbranched alkanes of at least 4 members (excludes halogenated alkanes) is 2. The number of aliphatic carboxylic acids is 1. The number of phenols is 1. The van der Waals surface area contributed by atoms with Gasteiger partial charge in [0, 0.05) is 18.9 Å². The molecule has 1 saturated heterocycles. The van der Waals surface area contributed by atoms with Crippen molar-refractivity contribution in [1.29, 1.82) is 0 Å². The molecule has 1 aliphatic heterocycles. The highest BCUT2D eigenvalue weighted by Gasteiger charge is 2.56. The molecule has 0 saturated carbocycles. The Labute approximate surface area is 345 Å². The zero-order chi connectivity index (χ0) is 42.2. The first-order valence-corrected chi connectivity index (χ1v) is 22.9. The first kappa shape index (κ1) is 44.7. The third-order valence-electron chi connectivity index (χ3n) is 12.2. The number of carbonyl (C=O) groups excluding carboxylic acids is 2. The summed E-state index contributed by atoms with van der Waals surface area (Å²) in [5.41, 5.74) is 5.08. The van der Waals surface area contributed by atoms with Crippen molar-refractivity contribution in [3.63, 3.8) is 0 Å². The summed E-state index contributed by atoms with van der Waals surface area (Å²) in [6.45, 7) is 12.4. The van der Waals surface area contributed by atoms with Gasteiger partial charge in [-0.2, -0.15) is 0 Å². The summed E-state index contributed by atoms with van der Waals surface area (Å²) < 4.78 is 7.40. The summed E-state index contributed by atoms with van der Waals surface area (Å²) in [5, 5.41) is 44.8. The van der Waals surface area contributed by atoms with Gasteiger partial charge in [0.2, 0.25) is 11.8 Å². The normalized spacial score (nSPS) is 19.5. The lowest BCUT2D eigenvalue weighted by Gasteiger charge is -2.44. The summed E-state index contributed by atoms with van der Waals surface area (Å²) >= 11 is 0. The number of likely N-dealkylation sites (tertiary alicyclic amines) is 1. The van der Waals surface area contributed by atoms with Crippen molar-refractivity contribution in [2.45, 2.75) is 110 Å². The number of allylic oxidation sites excluding steroid dienone is 1. The molecule has 1 heterocycles. The van der Waals surface area contributed by atoms with Crippen LogP contribution in [0.25, 0.3) is 6.08 Å². The monoisotopic (exact) mass is 809 g/mol. The Bertz CT molecular complexity index is 1910. The summed E-state index contributed by atoms with van der Waals surface area (Å²) in [6.07, 6.45) is 5.55. The highest BCUT2D eigenvalue weighted by Crippen LogP contribution is 2.47. The summed E-state index contributed by atoms with van der Waals surface area (Å²) in [6, 6.07) is 24.5. The quantitative estimate of drug-likeness (QED) is 0.0423. The topological polar surface area (TPSA) is 145 Å². The van der Waals surface area contributed by atoms with Crippen LogP contribution in [0.3, 0.4) is 0 Å². The minimum Gasteiger partial charge on any atom is -0.507 e. The first-order valence-electron chi connectivity index (χ1n) is 21.0. The predicted octanol–water partition coefficient (Wildman–Crippen LogP) is 7.47. The maximum atomic E-state index is 14.2. The molecule has 58 heavy (non-hydrogen) atoms. The summed E-state index contributed by atoms with van der Waals surface area (Å²) in [5.74, 6) is -3.50. The fourth-order valence-electron chi connectivity index (χ4n) is 9.43. The fraction of sp³-hybridized carbons (Fsp3) is 0.479. The lowest BCUT2D eigenvalue weighted by atomic mass is 9.68. The number of aryl methyl sites for hydroxylation is 2. The van der Waals surface area contributed by atoms with Crippen LogP contribution in [0.1, 0.15) is 102 Å². The Morgan fingerprint density at radius 1 is 0.914 bits per heavy atom. The van der Waals surface area contributed by atoms with Gasteiger partial charge in [-0.05, 0) is 108 Å². The Kier molecular flexibility index (Phi) is 15.1. The van der Waals surface area contributed by atoms with Crippen molar-refractivity contribution in [2.24, 2.45) is 17.8 Å². The van der Waals surface area contributed by atoms with Gasteiger partial charge in [-0.3, -0.25) is 19.3 Å². The average Bonchev–Trinajstić information content (AvgIpc) is 3.43. The van der Waals surface area contributed by atoms with Gasteiger partial charge in [-0.1, -0.05) is 113 Å². The molecule has 0 aromatic heterocycles. The largest absolute Gasteiger partial charge is 0.507 e. The van der Waals surface area contributed by atoms with Crippen molar-refractivity contribution < 1.29 is 39.2 Å². The number of amides is 2. The number of phenolic OH excluding ortho intramolecular Hbond substituents is 1. The molecule has 10 heteroatoms. The van der Waals surface area contributed by atoms with Gasteiger partial charge in [0.05, 0.1) is 31.2 Å². The molecule has 9 nitrogen and oxygen atoms in total. The van der Waals surface area contributed by atoms with Crippen LogP contribution in [0.4, 0.5) is 0 Å². The lowest BCUT2D eigenvalue weighted by Crippen LogP contribution is -2.66. The van der Waals surface area contributed by atoms with Gasteiger partial charge in [0.25, 0.3) is 8.32 Å². The van der Waals surface area contributed by atoms with Gasteiger partial charge < -0.3 is 24.9 Å². The van der Waals surface area contributed by atoms with Crippen molar-refractivity contribution in [3.8, 4) is 5.75 Å². The number of nitrogens with zero attached hydrogens (tertiary/aromatic N) is 1. The summed E-state index contributed by atoms with van der Waals surface area (Å²) in [7, 11) is -3.05. The maximum Gasteiger partial charge on any atom is 0.303 e. The molecule has 0 radical (unpaired) electrons. The number of aromatic hydroxyl groups is 1. The van der Waals surface area contributed by atoms with Crippen LogP contribution < -0.4 is 10.4 Å². The summed E-state index contributed by atoms with van der Waals surface area (Å²) in [4.78, 5) is 40.7. The molecule has 2 amide bonds. The molecular formula is C48H63NO8Si. The number of hydrogen-bond acceptors (Lipinski definition) is 7. The third-order valence-corrected chi connectivity index (χ3v) is 17.2. The highest BCUT2D eigenvalue weighted by atomic mass is 28.4. The number of carboxylic acid groups (broad SMARTS) is 1. The molecule has 2 aliphatic rings. The lowest BCUT2D eigenvalue weighted by molar-refractivity contribution is -0.141.